The molecule has 0 unspecified atom stereocenters. The third kappa shape index (κ3) is 0.724. The second-order valence-corrected chi connectivity index (χ2v) is 2.82. The molecule has 0 amide bonds. The van der Waals surface area contributed by atoms with E-state index in [2.05, 4.69) is 21.6 Å². The van der Waals surface area contributed by atoms with E-state index in [-0.39, 0.29) is 5.41 Å². The van der Waals surface area contributed by atoms with Gasteiger partial charge in [0.25, 0.3) is 0 Å². The topological polar surface area (TPSA) is 67.4 Å². The summed E-state index contributed by atoms with van der Waals surface area (Å²) in [5, 5.41) is 19.8. The Hall–Kier alpha value is -1.44. The molecule has 5 heteroatoms. The molecule has 1 saturated carbocycles. The number of tetrazole rings is 1. The van der Waals surface area contributed by atoms with Crippen molar-refractivity contribution in [3.8, 4) is 6.07 Å². The number of hydrogen-bond donors (Lipinski definition) is 0. The third-order valence-electron chi connectivity index (χ3n) is 2.01. The molecule has 1 aliphatic carbocycles. The van der Waals surface area contributed by atoms with Crippen molar-refractivity contribution < 1.29 is 0 Å². The summed E-state index contributed by atoms with van der Waals surface area (Å²) in [6, 6.07) is 2.23. The molecule has 1 aromatic heterocycles. The summed E-state index contributed by atoms with van der Waals surface area (Å²) in [5.74, 6) is 0.694. The molecule has 0 N–H and O–H groups in total. The molecule has 56 valence electrons. The van der Waals surface area contributed by atoms with Crippen molar-refractivity contribution in [2.24, 2.45) is 7.05 Å². The van der Waals surface area contributed by atoms with Crippen molar-refractivity contribution in [2.45, 2.75) is 18.3 Å². The van der Waals surface area contributed by atoms with Gasteiger partial charge < -0.3 is 0 Å². The van der Waals surface area contributed by atoms with Gasteiger partial charge in [0.1, 0.15) is 5.41 Å². The third-order valence-corrected chi connectivity index (χ3v) is 2.01. The molecule has 0 atom stereocenters. The molecule has 2 rings (SSSR count). The minimum Gasteiger partial charge on any atom is -0.231 e. The van der Waals surface area contributed by atoms with Crippen LogP contribution in [0.3, 0.4) is 0 Å². The smallest absolute Gasteiger partial charge is 0.171 e. The van der Waals surface area contributed by atoms with Crippen LogP contribution in [0.5, 0.6) is 0 Å². The lowest BCUT2D eigenvalue weighted by atomic mass is 10.1. The van der Waals surface area contributed by atoms with Gasteiger partial charge in [-0.15, -0.1) is 5.10 Å². The van der Waals surface area contributed by atoms with Crippen molar-refractivity contribution >= 4 is 0 Å². The SMILES string of the molecule is Cn1nnnc1C1(C#N)CC1. The van der Waals surface area contributed by atoms with Crippen molar-refractivity contribution in [2.75, 3.05) is 0 Å². The van der Waals surface area contributed by atoms with Crippen LogP contribution in [0.4, 0.5) is 0 Å². The van der Waals surface area contributed by atoms with Crippen LogP contribution in [0.2, 0.25) is 0 Å². The van der Waals surface area contributed by atoms with Gasteiger partial charge in [-0.05, 0) is 23.3 Å². The normalized spacial score (nSPS) is 19.3. The minimum absolute atomic E-state index is 0.363. The molecule has 0 aliphatic heterocycles. The molecule has 11 heavy (non-hydrogen) atoms. The Labute approximate surface area is 63.6 Å². The van der Waals surface area contributed by atoms with Crippen LogP contribution in [0.25, 0.3) is 0 Å². The lowest BCUT2D eigenvalue weighted by molar-refractivity contribution is 0.649. The molecule has 1 fully saturated rings. The predicted molar refractivity (Wildman–Crippen MR) is 35.3 cm³/mol. The van der Waals surface area contributed by atoms with E-state index in [1.54, 1.807) is 11.7 Å². The number of nitrogens with zero attached hydrogens (tertiary/aromatic N) is 5. The van der Waals surface area contributed by atoms with E-state index in [0.717, 1.165) is 12.8 Å². The molecule has 1 aromatic rings. The highest BCUT2D eigenvalue weighted by molar-refractivity contribution is 5.28. The molecule has 1 heterocycles. The van der Waals surface area contributed by atoms with Crippen LogP contribution in [-0.4, -0.2) is 20.2 Å². The summed E-state index contributed by atoms with van der Waals surface area (Å²) in [5.41, 5.74) is -0.363. The maximum absolute atomic E-state index is 8.79. The standard InChI is InChI=1S/C6H7N5/c1-11-5(8-9-10-11)6(4-7)2-3-6/h2-3H2,1H3. The van der Waals surface area contributed by atoms with Crippen molar-refractivity contribution in [3.63, 3.8) is 0 Å². The predicted octanol–water partition coefficient (Wildman–Crippen LogP) is -0.235. The molecule has 0 aromatic carbocycles. The first-order valence-electron chi connectivity index (χ1n) is 3.43. The van der Waals surface area contributed by atoms with Crippen LogP contribution in [0.1, 0.15) is 18.7 Å². The average molecular weight is 149 g/mol. The molecule has 0 saturated heterocycles. The van der Waals surface area contributed by atoms with Gasteiger partial charge in [0.15, 0.2) is 5.82 Å². The average Bonchev–Trinajstić information content (AvgIpc) is 2.70. The second-order valence-electron chi connectivity index (χ2n) is 2.82. The van der Waals surface area contributed by atoms with Crippen LogP contribution in [0.15, 0.2) is 0 Å². The Morgan fingerprint density at radius 2 is 2.36 bits per heavy atom. The zero-order valence-corrected chi connectivity index (χ0v) is 6.15. The van der Waals surface area contributed by atoms with Gasteiger partial charge in [0, 0.05) is 7.05 Å². The molecular formula is C6H7N5. The number of aryl methyl sites for hydroxylation is 1. The fourth-order valence-corrected chi connectivity index (χ4v) is 1.15. The van der Waals surface area contributed by atoms with Gasteiger partial charge in [-0.1, -0.05) is 0 Å². The largest absolute Gasteiger partial charge is 0.231 e. The first-order chi connectivity index (χ1) is 5.28. The number of nitriles is 1. The zero-order valence-electron chi connectivity index (χ0n) is 6.15. The lowest BCUT2D eigenvalue weighted by Gasteiger charge is -2.00. The highest BCUT2D eigenvalue weighted by Gasteiger charge is 2.49. The Morgan fingerprint density at radius 3 is 2.73 bits per heavy atom. The van der Waals surface area contributed by atoms with E-state index in [1.165, 1.54) is 0 Å². The van der Waals surface area contributed by atoms with Gasteiger partial charge in [-0.3, -0.25) is 0 Å². The van der Waals surface area contributed by atoms with Crippen LogP contribution < -0.4 is 0 Å². The van der Waals surface area contributed by atoms with Crippen molar-refractivity contribution in [1.29, 1.82) is 5.26 Å². The van der Waals surface area contributed by atoms with E-state index in [4.69, 9.17) is 5.26 Å². The van der Waals surface area contributed by atoms with E-state index in [0.29, 0.717) is 5.82 Å². The highest BCUT2D eigenvalue weighted by atomic mass is 15.5. The maximum Gasteiger partial charge on any atom is 0.171 e. The van der Waals surface area contributed by atoms with Crippen molar-refractivity contribution in [1.82, 2.24) is 20.2 Å². The Kier molecular flexibility index (Phi) is 1.02. The van der Waals surface area contributed by atoms with Crippen molar-refractivity contribution in [3.05, 3.63) is 5.82 Å². The van der Waals surface area contributed by atoms with E-state index in [9.17, 15) is 0 Å². The quantitative estimate of drug-likeness (QED) is 0.553. The summed E-state index contributed by atoms with van der Waals surface area (Å²) in [6.07, 6.45) is 1.77. The molecule has 5 nitrogen and oxygen atoms in total. The Morgan fingerprint density at radius 1 is 1.64 bits per heavy atom. The Balaban J connectivity index is 2.45. The number of aromatic nitrogens is 4. The van der Waals surface area contributed by atoms with Gasteiger partial charge in [-0.2, -0.15) is 5.26 Å². The summed E-state index contributed by atoms with van der Waals surface area (Å²) in [4.78, 5) is 0. The molecular weight excluding hydrogens is 142 g/mol. The van der Waals surface area contributed by atoms with Crippen LogP contribution >= 0.6 is 0 Å². The molecule has 1 aliphatic rings. The fraction of sp³-hybridized carbons (Fsp3) is 0.667. The first-order valence-corrected chi connectivity index (χ1v) is 3.43. The summed E-state index contributed by atoms with van der Waals surface area (Å²) >= 11 is 0. The minimum atomic E-state index is -0.363. The van der Waals surface area contributed by atoms with Gasteiger partial charge in [-0.25, -0.2) is 4.68 Å². The summed E-state index contributed by atoms with van der Waals surface area (Å²) < 4.78 is 1.57. The molecule has 0 radical (unpaired) electrons. The molecule has 0 spiro atoms. The van der Waals surface area contributed by atoms with Gasteiger partial charge >= 0.3 is 0 Å². The monoisotopic (exact) mass is 149 g/mol. The first kappa shape index (κ1) is 6.28. The maximum atomic E-state index is 8.79. The highest BCUT2D eigenvalue weighted by Crippen LogP contribution is 2.45. The summed E-state index contributed by atoms with van der Waals surface area (Å²) in [7, 11) is 1.76. The zero-order chi connectivity index (χ0) is 7.90. The number of rotatable bonds is 1. The summed E-state index contributed by atoms with van der Waals surface area (Å²) in [6.45, 7) is 0. The fourth-order valence-electron chi connectivity index (χ4n) is 1.15. The van der Waals surface area contributed by atoms with Gasteiger partial charge in [0.05, 0.1) is 6.07 Å². The molecule has 0 bridgehead atoms. The Bertz CT molecular complexity index is 316. The number of hydrogen-bond acceptors (Lipinski definition) is 4. The van der Waals surface area contributed by atoms with Crippen LogP contribution in [0, 0.1) is 11.3 Å². The van der Waals surface area contributed by atoms with Gasteiger partial charge in [0.2, 0.25) is 0 Å². The second kappa shape index (κ2) is 1.78. The lowest BCUT2D eigenvalue weighted by Crippen LogP contribution is -2.11. The van der Waals surface area contributed by atoms with E-state index >= 15 is 0 Å². The van der Waals surface area contributed by atoms with E-state index < -0.39 is 0 Å². The van der Waals surface area contributed by atoms with Crippen LogP contribution in [-0.2, 0) is 12.5 Å². The van der Waals surface area contributed by atoms with E-state index in [1.807, 2.05) is 0 Å².